The van der Waals surface area contributed by atoms with Gasteiger partial charge in [-0.1, -0.05) is 12.1 Å². The second-order valence-electron chi connectivity index (χ2n) is 8.24. The van der Waals surface area contributed by atoms with Gasteiger partial charge in [-0.15, -0.1) is 0 Å². The van der Waals surface area contributed by atoms with Crippen molar-refractivity contribution in [3.63, 3.8) is 0 Å². The highest BCUT2D eigenvalue weighted by Crippen LogP contribution is 2.44. The molecule has 31 heavy (non-hydrogen) atoms. The Morgan fingerprint density at radius 1 is 1.35 bits per heavy atom. The normalized spacial score (nSPS) is 22.0. The first-order valence-corrected chi connectivity index (χ1v) is 11.6. The molecule has 1 aromatic rings. The Morgan fingerprint density at radius 3 is 2.61 bits per heavy atom. The first-order valence-electron chi connectivity index (χ1n) is 10.1. The van der Waals surface area contributed by atoms with E-state index in [4.69, 9.17) is 10.4 Å². The number of primary sulfonamides is 1. The van der Waals surface area contributed by atoms with E-state index in [0.717, 1.165) is 5.56 Å². The summed E-state index contributed by atoms with van der Waals surface area (Å²) in [4.78, 5) is 31.8. The Kier molecular flexibility index (Phi) is 5.19. The first kappa shape index (κ1) is 21.2. The number of carbonyl (C=O) groups excluding carboxylic acids is 2. The molecule has 1 atom stereocenters. The number of nitrogens with two attached hydrogens (primary N) is 1. The fourth-order valence-corrected chi connectivity index (χ4v) is 5.13. The lowest BCUT2D eigenvalue weighted by molar-refractivity contribution is -0.128. The molecule has 0 saturated heterocycles. The highest BCUT2D eigenvalue weighted by atomic mass is 32.2. The molecule has 1 saturated carbocycles. The summed E-state index contributed by atoms with van der Waals surface area (Å²) < 4.78 is 22.7. The molecule has 1 aromatic carbocycles. The van der Waals surface area contributed by atoms with E-state index in [0.29, 0.717) is 42.5 Å². The van der Waals surface area contributed by atoms with Crippen molar-refractivity contribution < 1.29 is 18.0 Å². The lowest BCUT2D eigenvalue weighted by Gasteiger charge is -2.31. The predicted molar refractivity (Wildman–Crippen MR) is 113 cm³/mol. The number of sulfonamides is 1. The Bertz CT molecular complexity index is 1160. The maximum Gasteiger partial charge on any atom is 0.270 e. The monoisotopic (exact) mass is 441 g/mol. The average molecular weight is 442 g/mol. The summed E-state index contributed by atoms with van der Waals surface area (Å²) in [5.74, 6) is -0.632. The SMILES string of the molecule is CC1N=C(C(=O)NCc2ccc(C#N)cc2)C2=C1C(=O)N(CC1(S(N)(=O)=O)CC1)CC2. The molecule has 0 bridgehead atoms. The van der Waals surface area contributed by atoms with E-state index < -0.39 is 20.8 Å². The summed E-state index contributed by atoms with van der Waals surface area (Å²) in [5, 5.41) is 17.0. The van der Waals surface area contributed by atoms with Gasteiger partial charge in [0.05, 0.1) is 17.7 Å². The number of carbonyl (C=O) groups is 2. The van der Waals surface area contributed by atoms with Crippen molar-refractivity contribution in [3.8, 4) is 6.07 Å². The van der Waals surface area contributed by atoms with Crippen LogP contribution in [0.1, 0.15) is 37.3 Å². The molecule has 3 N–H and O–H groups in total. The number of benzene rings is 1. The summed E-state index contributed by atoms with van der Waals surface area (Å²) in [6.07, 6.45) is 1.35. The van der Waals surface area contributed by atoms with Gasteiger partial charge in [0.25, 0.3) is 11.8 Å². The van der Waals surface area contributed by atoms with Crippen LogP contribution in [-0.2, 0) is 26.2 Å². The van der Waals surface area contributed by atoms with E-state index in [-0.39, 0.29) is 30.6 Å². The highest BCUT2D eigenvalue weighted by molar-refractivity contribution is 7.90. The lowest BCUT2D eigenvalue weighted by Crippen LogP contribution is -2.48. The smallest absolute Gasteiger partial charge is 0.270 e. The molecule has 0 radical (unpaired) electrons. The van der Waals surface area contributed by atoms with E-state index in [1.54, 1.807) is 31.2 Å². The largest absolute Gasteiger partial charge is 0.347 e. The van der Waals surface area contributed by atoms with Crippen LogP contribution in [0.25, 0.3) is 0 Å². The van der Waals surface area contributed by atoms with Gasteiger partial charge in [-0.2, -0.15) is 5.26 Å². The number of hydrogen-bond acceptors (Lipinski definition) is 6. The van der Waals surface area contributed by atoms with Gasteiger partial charge in [-0.05, 0) is 49.5 Å². The van der Waals surface area contributed by atoms with Gasteiger partial charge in [-0.3, -0.25) is 14.6 Å². The van der Waals surface area contributed by atoms with Crippen molar-refractivity contribution in [2.45, 2.75) is 43.5 Å². The molecular weight excluding hydrogens is 418 g/mol. The van der Waals surface area contributed by atoms with Crippen LogP contribution in [0.3, 0.4) is 0 Å². The van der Waals surface area contributed by atoms with E-state index >= 15 is 0 Å². The zero-order valence-corrected chi connectivity index (χ0v) is 17.9. The zero-order chi connectivity index (χ0) is 22.4. The molecule has 2 heterocycles. The van der Waals surface area contributed by atoms with Crippen LogP contribution in [0.2, 0.25) is 0 Å². The van der Waals surface area contributed by atoms with Crippen molar-refractivity contribution >= 4 is 27.5 Å². The number of nitrogens with one attached hydrogen (secondary N) is 1. The van der Waals surface area contributed by atoms with Crippen LogP contribution in [0, 0.1) is 11.3 Å². The summed E-state index contributed by atoms with van der Waals surface area (Å²) >= 11 is 0. The van der Waals surface area contributed by atoms with Crippen LogP contribution in [0.15, 0.2) is 40.4 Å². The number of aliphatic imine (C=N–C) groups is 1. The third-order valence-corrected chi connectivity index (χ3v) is 7.89. The van der Waals surface area contributed by atoms with Crippen LogP contribution in [-0.4, -0.2) is 54.7 Å². The molecule has 2 amide bonds. The highest BCUT2D eigenvalue weighted by Gasteiger charge is 2.55. The van der Waals surface area contributed by atoms with Gasteiger partial charge in [0.2, 0.25) is 10.0 Å². The molecule has 1 fully saturated rings. The van der Waals surface area contributed by atoms with Crippen LogP contribution in [0.5, 0.6) is 0 Å². The number of nitriles is 1. The fraction of sp³-hybridized carbons (Fsp3) is 0.429. The Morgan fingerprint density at radius 2 is 2.03 bits per heavy atom. The first-order chi connectivity index (χ1) is 14.6. The molecule has 3 aliphatic rings. The van der Waals surface area contributed by atoms with Crippen molar-refractivity contribution in [3.05, 3.63) is 46.5 Å². The van der Waals surface area contributed by atoms with Crippen molar-refractivity contribution in [2.24, 2.45) is 10.1 Å². The topological polar surface area (TPSA) is 146 Å². The van der Waals surface area contributed by atoms with Crippen LogP contribution in [0.4, 0.5) is 0 Å². The van der Waals surface area contributed by atoms with Crippen molar-refractivity contribution in [1.82, 2.24) is 10.2 Å². The maximum absolute atomic E-state index is 13.1. The van der Waals surface area contributed by atoms with Gasteiger partial charge in [0.15, 0.2) is 0 Å². The van der Waals surface area contributed by atoms with E-state index in [1.165, 1.54) is 4.90 Å². The Hall–Kier alpha value is -3.03. The molecule has 2 aliphatic heterocycles. The predicted octanol–water partition coefficient (Wildman–Crippen LogP) is 0.368. The standard InChI is InChI=1S/C21H23N5O4S/c1-13-17-16(6-9-26(20(17)28)12-21(7-8-21)31(23,29)30)18(25-13)19(27)24-11-15-4-2-14(10-22)3-5-15/h2-5,13H,6-9,11-12H2,1H3,(H,24,27)(H2,23,29,30). The number of amides is 2. The minimum atomic E-state index is -3.73. The zero-order valence-electron chi connectivity index (χ0n) is 17.1. The van der Waals surface area contributed by atoms with Gasteiger partial charge >= 0.3 is 0 Å². The summed E-state index contributed by atoms with van der Waals surface area (Å²) in [5.41, 5.74) is 2.74. The number of hydrogen-bond donors (Lipinski definition) is 2. The van der Waals surface area contributed by atoms with Crippen molar-refractivity contribution in [2.75, 3.05) is 13.1 Å². The summed E-state index contributed by atoms with van der Waals surface area (Å²) in [6, 6.07) is 8.47. The molecule has 1 unspecified atom stereocenters. The Labute approximate surface area is 180 Å². The van der Waals surface area contributed by atoms with E-state index in [1.807, 2.05) is 6.07 Å². The molecule has 0 spiro atoms. The molecule has 4 rings (SSSR count). The second-order valence-corrected chi connectivity index (χ2v) is 10.2. The Balaban J connectivity index is 1.45. The summed E-state index contributed by atoms with van der Waals surface area (Å²) in [7, 11) is -3.73. The number of nitrogens with zero attached hydrogens (tertiary/aromatic N) is 3. The maximum atomic E-state index is 13.1. The van der Waals surface area contributed by atoms with Crippen LogP contribution >= 0.6 is 0 Å². The quantitative estimate of drug-likeness (QED) is 0.655. The molecule has 1 aliphatic carbocycles. The third kappa shape index (κ3) is 3.86. The molecule has 162 valence electrons. The van der Waals surface area contributed by atoms with Gasteiger partial charge in [0, 0.05) is 25.2 Å². The van der Waals surface area contributed by atoms with Gasteiger partial charge in [-0.25, -0.2) is 13.6 Å². The lowest BCUT2D eigenvalue weighted by atomic mass is 9.94. The van der Waals surface area contributed by atoms with Gasteiger partial charge in [0.1, 0.15) is 10.5 Å². The second kappa shape index (κ2) is 7.59. The molecule has 0 aromatic heterocycles. The third-order valence-electron chi connectivity index (χ3n) is 6.14. The van der Waals surface area contributed by atoms with E-state index in [9.17, 15) is 18.0 Å². The minimum Gasteiger partial charge on any atom is -0.347 e. The fourth-order valence-electron chi connectivity index (χ4n) is 4.12. The van der Waals surface area contributed by atoms with Gasteiger partial charge < -0.3 is 10.2 Å². The molecule has 10 heteroatoms. The van der Waals surface area contributed by atoms with E-state index in [2.05, 4.69) is 10.3 Å². The summed E-state index contributed by atoms with van der Waals surface area (Å²) in [6.45, 7) is 2.43. The average Bonchev–Trinajstić information content (AvgIpc) is 3.45. The number of rotatable bonds is 6. The minimum absolute atomic E-state index is 0.0778. The molecular formula is C21H23N5O4S. The van der Waals surface area contributed by atoms with Crippen LogP contribution < -0.4 is 10.5 Å². The molecule has 9 nitrogen and oxygen atoms in total. The van der Waals surface area contributed by atoms with Crippen molar-refractivity contribution in [1.29, 1.82) is 5.26 Å².